The van der Waals surface area contributed by atoms with Crippen molar-refractivity contribution in [3.8, 4) is 0 Å². The summed E-state index contributed by atoms with van der Waals surface area (Å²) in [5, 5.41) is 3.00. The Bertz CT molecular complexity index is 573. The van der Waals surface area contributed by atoms with Crippen LogP contribution < -0.4 is 5.32 Å². The fraction of sp³-hybridized carbons (Fsp3) is 0.600. The number of rotatable bonds is 8. The number of carbonyl (C=O) groups is 2. The average Bonchev–Trinajstić information content (AvgIpc) is 2.55. The minimum absolute atomic E-state index is 0.102. The smallest absolute Gasteiger partial charge is 0.239 e. The van der Waals surface area contributed by atoms with Gasteiger partial charge >= 0.3 is 0 Å². The third-order valence-corrected chi connectivity index (χ3v) is 4.36. The van der Waals surface area contributed by atoms with Crippen LogP contribution in [0, 0.1) is 12.3 Å². The minimum Gasteiger partial charge on any atom is -0.342 e. The summed E-state index contributed by atoms with van der Waals surface area (Å²) in [6.45, 7) is 12.9. The van der Waals surface area contributed by atoms with Gasteiger partial charge in [-0.05, 0) is 51.2 Å². The maximum absolute atomic E-state index is 12.9. The van der Waals surface area contributed by atoms with Gasteiger partial charge in [-0.3, -0.25) is 9.59 Å². The molecule has 0 atom stereocenters. The van der Waals surface area contributed by atoms with Crippen molar-refractivity contribution in [2.75, 3.05) is 18.4 Å². The first-order valence-electron chi connectivity index (χ1n) is 8.98. The normalized spacial score (nSPS) is 11.2. The summed E-state index contributed by atoms with van der Waals surface area (Å²) in [7, 11) is 0. The number of amides is 2. The Balaban J connectivity index is 3.02. The lowest BCUT2D eigenvalue weighted by Gasteiger charge is -2.31. The highest BCUT2D eigenvalue weighted by molar-refractivity contribution is 6.10. The van der Waals surface area contributed by atoms with Crippen LogP contribution in [0.5, 0.6) is 0 Å². The number of anilines is 1. The van der Waals surface area contributed by atoms with Gasteiger partial charge in [-0.25, -0.2) is 0 Å². The van der Waals surface area contributed by atoms with Crippen molar-refractivity contribution in [3.63, 3.8) is 0 Å². The fourth-order valence-electron chi connectivity index (χ4n) is 2.82. The lowest BCUT2D eigenvalue weighted by atomic mass is 9.89. The third-order valence-electron chi connectivity index (χ3n) is 4.36. The van der Waals surface area contributed by atoms with Crippen LogP contribution in [0.2, 0.25) is 0 Å². The predicted molar refractivity (Wildman–Crippen MR) is 100 cm³/mol. The fourth-order valence-corrected chi connectivity index (χ4v) is 2.82. The van der Waals surface area contributed by atoms with E-state index in [2.05, 4.69) is 12.2 Å². The molecule has 0 unspecified atom stereocenters. The molecule has 0 bridgehead atoms. The van der Waals surface area contributed by atoms with Gasteiger partial charge in [-0.15, -0.1) is 0 Å². The molecule has 0 spiro atoms. The predicted octanol–water partition coefficient (Wildman–Crippen LogP) is 4.17. The second-order valence-electron chi connectivity index (χ2n) is 6.83. The molecule has 0 heterocycles. The number of hydrogen-bond acceptors (Lipinski definition) is 2. The number of nitrogens with one attached hydrogen (secondary N) is 1. The lowest BCUT2D eigenvalue weighted by Crippen LogP contribution is -2.48. The molecule has 0 aliphatic heterocycles. The minimum atomic E-state index is -1.09. The number of carbonyl (C=O) groups excluding carboxylic acids is 2. The van der Waals surface area contributed by atoms with E-state index < -0.39 is 5.41 Å². The first-order chi connectivity index (χ1) is 11.3. The monoisotopic (exact) mass is 332 g/mol. The van der Waals surface area contributed by atoms with Gasteiger partial charge in [0.05, 0.1) is 0 Å². The highest BCUT2D eigenvalue weighted by atomic mass is 16.2. The molecule has 0 aliphatic carbocycles. The van der Waals surface area contributed by atoms with Gasteiger partial charge in [0.2, 0.25) is 11.8 Å². The van der Waals surface area contributed by atoms with Crippen molar-refractivity contribution in [2.24, 2.45) is 5.41 Å². The lowest BCUT2D eigenvalue weighted by molar-refractivity contribution is -0.146. The molecule has 0 radical (unpaired) electrons. The van der Waals surface area contributed by atoms with Gasteiger partial charge in [0.15, 0.2) is 0 Å². The number of nitrogens with zero attached hydrogens (tertiary/aromatic N) is 1. The summed E-state index contributed by atoms with van der Waals surface area (Å²) < 4.78 is 0. The van der Waals surface area contributed by atoms with Crippen molar-refractivity contribution < 1.29 is 9.59 Å². The maximum Gasteiger partial charge on any atom is 0.239 e. The Kier molecular flexibility index (Phi) is 7.46. The largest absolute Gasteiger partial charge is 0.342 e. The molecule has 1 N–H and O–H groups in total. The van der Waals surface area contributed by atoms with Crippen molar-refractivity contribution in [2.45, 2.75) is 60.8 Å². The van der Waals surface area contributed by atoms with Crippen LogP contribution in [0.4, 0.5) is 5.69 Å². The molecule has 0 saturated carbocycles. The van der Waals surface area contributed by atoms with E-state index in [1.54, 1.807) is 18.7 Å². The first kappa shape index (κ1) is 20.2. The summed E-state index contributed by atoms with van der Waals surface area (Å²) in [5.74, 6) is -0.343. The van der Waals surface area contributed by atoms with Crippen LogP contribution in [0.3, 0.4) is 0 Å². The number of para-hydroxylation sites is 1. The zero-order valence-corrected chi connectivity index (χ0v) is 16.0. The van der Waals surface area contributed by atoms with Gasteiger partial charge < -0.3 is 10.2 Å². The second kappa shape index (κ2) is 8.86. The Labute approximate surface area is 146 Å². The van der Waals surface area contributed by atoms with E-state index in [0.717, 1.165) is 36.1 Å². The van der Waals surface area contributed by atoms with Gasteiger partial charge in [0.25, 0.3) is 0 Å². The molecular weight excluding hydrogens is 300 g/mol. The summed E-state index contributed by atoms with van der Waals surface area (Å²) in [4.78, 5) is 27.5. The van der Waals surface area contributed by atoms with Gasteiger partial charge in [0, 0.05) is 18.8 Å². The zero-order chi connectivity index (χ0) is 18.3. The van der Waals surface area contributed by atoms with E-state index >= 15 is 0 Å². The standard InChI is InChI=1S/C20H32N2O2/c1-7-13-22(14-8-2)19(24)20(5,6)18(23)21-17-15(4)11-10-12-16(17)9-3/h10-12H,7-9,13-14H2,1-6H3,(H,21,23). The van der Waals surface area contributed by atoms with Crippen molar-refractivity contribution in [1.29, 1.82) is 0 Å². The van der Waals surface area contributed by atoms with E-state index in [1.807, 2.05) is 39.0 Å². The van der Waals surface area contributed by atoms with Gasteiger partial charge in [0.1, 0.15) is 5.41 Å². The first-order valence-corrected chi connectivity index (χ1v) is 8.98. The highest BCUT2D eigenvalue weighted by Gasteiger charge is 2.39. The molecule has 0 aromatic heterocycles. The van der Waals surface area contributed by atoms with Crippen molar-refractivity contribution in [3.05, 3.63) is 29.3 Å². The molecule has 1 aromatic carbocycles. The Hall–Kier alpha value is -1.84. The zero-order valence-electron chi connectivity index (χ0n) is 16.0. The second-order valence-corrected chi connectivity index (χ2v) is 6.83. The van der Waals surface area contributed by atoms with E-state index in [9.17, 15) is 9.59 Å². The number of hydrogen-bond donors (Lipinski definition) is 1. The number of benzene rings is 1. The van der Waals surface area contributed by atoms with Crippen LogP contribution in [0.25, 0.3) is 0 Å². The maximum atomic E-state index is 12.9. The molecule has 1 rings (SSSR count). The topological polar surface area (TPSA) is 49.4 Å². The summed E-state index contributed by atoms with van der Waals surface area (Å²) >= 11 is 0. The van der Waals surface area contributed by atoms with Crippen LogP contribution >= 0.6 is 0 Å². The molecule has 0 fully saturated rings. The molecule has 4 heteroatoms. The molecule has 0 aliphatic rings. The van der Waals surface area contributed by atoms with Crippen LogP contribution in [0.15, 0.2) is 18.2 Å². The Morgan fingerprint density at radius 2 is 1.67 bits per heavy atom. The van der Waals surface area contributed by atoms with E-state index in [0.29, 0.717) is 13.1 Å². The van der Waals surface area contributed by atoms with E-state index in [-0.39, 0.29) is 11.8 Å². The third kappa shape index (κ3) is 4.59. The average molecular weight is 332 g/mol. The summed E-state index contributed by atoms with van der Waals surface area (Å²) in [5.41, 5.74) is 1.86. The van der Waals surface area contributed by atoms with E-state index in [1.165, 1.54) is 0 Å². The molecular formula is C20H32N2O2. The summed E-state index contributed by atoms with van der Waals surface area (Å²) in [6.07, 6.45) is 2.62. The Morgan fingerprint density at radius 3 is 2.17 bits per heavy atom. The van der Waals surface area contributed by atoms with Crippen LogP contribution in [0.1, 0.15) is 58.6 Å². The SMILES string of the molecule is CCCN(CCC)C(=O)C(C)(C)C(=O)Nc1c(C)cccc1CC. The quantitative estimate of drug-likeness (QED) is 0.726. The Morgan fingerprint density at radius 1 is 1.08 bits per heavy atom. The van der Waals surface area contributed by atoms with Crippen molar-refractivity contribution >= 4 is 17.5 Å². The molecule has 2 amide bonds. The molecule has 24 heavy (non-hydrogen) atoms. The molecule has 1 aromatic rings. The molecule has 4 nitrogen and oxygen atoms in total. The van der Waals surface area contributed by atoms with Crippen LogP contribution in [-0.4, -0.2) is 29.8 Å². The van der Waals surface area contributed by atoms with E-state index in [4.69, 9.17) is 0 Å². The van der Waals surface area contributed by atoms with Crippen LogP contribution in [-0.2, 0) is 16.0 Å². The molecule has 0 saturated heterocycles. The summed E-state index contributed by atoms with van der Waals surface area (Å²) in [6, 6.07) is 5.98. The van der Waals surface area contributed by atoms with Crippen molar-refractivity contribution in [1.82, 2.24) is 4.90 Å². The molecule has 134 valence electrons. The van der Waals surface area contributed by atoms with Gasteiger partial charge in [-0.2, -0.15) is 0 Å². The van der Waals surface area contributed by atoms with Gasteiger partial charge in [-0.1, -0.05) is 39.0 Å². The number of aryl methyl sites for hydroxylation is 2. The highest BCUT2D eigenvalue weighted by Crippen LogP contribution is 2.26.